The molecule has 4 nitrogen and oxygen atoms in total. The van der Waals surface area contributed by atoms with Gasteiger partial charge in [0.1, 0.15) is 0 Å². The zero-order chi connectivity index (χ0) is 13.0. The lowest BCUT2D eigenvalue weighted by Crippen LogP contribution is -2.49. The maximum atomic E-state index is 6.10. The molecular formula is C8H26O4Si4. The second kappa shape index (κ2) is 6.59. The van der Waals surface area contributed by atoms with E-state index in [-0.39, 0.29) is 0 Å². The molecule has 0 aliphatic rings. The van der Waals surface area contributed by atoms with E-state index in [4.69, 9.17) is 16.8 Å². The van der Waals surface area contributed by atoms with Gasteiger partial charge in [-0.15, -0.1) is 0 Å². The Morgan fingerprint density at radius 1 is 0.875 bits per heavy atom. The van der Waals surface area contributed by atoms with E-state index in [1.807, 2.05) is 13.1 Å². The first-order valence-corrected chi connectivity index (χ1v) is 16.0. The molecule has 2 unspecified atom stereocenters. The minimum absolute atomic E-state index is 1.47. The molecule has 0 aliphatic heterocycles. The third-order valence-corrected chi connectivity index (χ3v) is 13.5. The molecule has 0 saturated heterocycles. The molecule has 98 valence electrons. The highest BCUT2D eigenvalue weighted by Gasteiger charge is 2.33. The van der Waals surface area contributed by atoms with Gasteiger partial charge >= 0.3 is 17.8 Å². The van der Waals surface area contributed by atoms with Crippen LogP contribution in [-0.4, -0.2) is 42.6 Å². The molecule has 0 fully saturated rings. The smallest absolute Gasteiger partial charge is 0.312 e. The maximum Gasteiger partial charge on any atom is 0.312 e. The van der Waals surface area contributed by atoms with E-state index in [0.29, 0.717) is 0 Å². The first kappa shape index (κ1) is 16.7. The summed E-state index contributed by atoms with van der Waals surface area (Å²) in [7, 11) is -4.91. The highest BCUT2D eigenvalue weighted by atomic mass is 28.5. The topological polar surface area (TPSA) is 36.9 Å². The van der Waals surface area contributed by atoms with E-state index in [9.17, 15) is 0 Å². The first-order valence-electron chi connectivity index (χ1n) is 5.62. The summed E-state index contributed by atoms with van der Waals surface area (Å²) in [4.78, 5) is 0. The molecule has 0 aliphatic carbocycles. The van der Waals surface area contributed by atoms with Crippen LogP contribution < -0.4 is 0 Å². The SMILES string of the molecule is CO[SiH](C)O[SiH](C)O[Si](C)(C)O[Si](C)(C)C. The molecule has 0 rings (SSSR count). The van der Waals surface area contributed by atoms with Gasteiger partial charge in [0.15, 0.2) is 8.32 Å². The summed E-state index contributed by atoms with van der Waals surface area (Å²) in [6.45, 7) is 14.8. The molecule has 0 amide bonds. The molecule has 0 saturated carbocycles. The van der Waals surface area contributed by atoms with Crippen LogP contribution in [-0.2, 0) is 16.8 Å². The quantitative estimate of drug-likeness (QED) is 0.673. The Kier molecular flexibility index (Phi) is 6.88. The van der Waals surface area contributed by atoms with Crippen LogP contribution in [0.25, 0.3) is 0 Å². The van der Waals surface area contributed by atoms with Crippen LogP contribution >= 0.6 is 0 Å². The van der Waals surface area contributed by atoms with Crippen molar-refractivity contribution in [2.24, 2.45) is 0 Å². The van der Waals surface area contributed by atoms with Crippen molar-refractivity contribution >= 4 is 35.4 Å². The Balaban J connectivity index is 4.14. The lowest BCUT2D eigenvalue weighted by Gasteiger charge is -2.33. The Morgan fingerprint density at radius 2 is 1.38 bits per heavy atom. The summed E-state index contributed by atoms with van der Waals surface area (Å²) < 4.78 is 23.0. The third kappa shape index (κ3) is 8.81. The van der Waals surface area contributed by atoms with Gasteiger partial charge in [-0.05, 0) is 45.8 Å². The predicted molar refractivity (Wildman–Crippen MR) is 77.1 cm³/mol. The van der Waals surface area contributed by atoms with Crippen LogP contribution in [0.4, 0.5) is 0 Å². The van der Waals surface area contributed by atoms with E-state index < -0.39 is 35.4 Å². The Bertz CT molecular complexity index is 207. The highest BCUT2D eigenvalue weighted by Crippen LogP contribution is 2.16. The van der Waals surface area contributed by atoms with Gasteiger partial charge in [-0.1, -0.05) is 0 Å². The van der Waals surface area contributed by atoms with Crippen LogP contribution in [0.2, 0.25) is 45.8 Å². The second-order valence-electron chi connectivity index (χ2n) is 5.24. The van der Waals surface area contributed by atoms with Gasteiger partial charge in [-0.2, -0.15) is 0 Å². The van der Waals surface area contributed by atoms with Crippen molar-refractivity contribution in [2.75, 3.05) is 7.11 Å². The van der Waals surface area contributed by atoms with Gasteiger partial charge in [0.25, 0.3) is 9.28 Å². The molecule has 8 heteroatoms. The Morgan fingerprint density at radius 3 is 1.75 bits per heavy atom. The molecule has 0 N–H and O–H groups in total. The second-order valence-corrected chi connectivity index (χ2v) is 17.9. The van der Waals surface area contributed by atoms with Crippen LogP contribution in [0.5, 0.6) is 0 Å². The fourth-order valence-corrected chi connectivity index (χ4v) is 14.6. The van der Waals surface area contributed by atoms with Gasteiger partial charge in [-0.25, -0.2) is 0 Å². The van der Waals surface area contributed by atoms with Crippen molar-refractivity contribution in [1.29, 1.82) is 0 Å². The molecule has 0 bridgehead atoms. The van der Waals surface area contributed by atoms with E-state index >= 15 is 0 Å². The standard InChI is InChI=1S/C8H26O4Si4/c1-9-13(2)10-14(3)11-16(7,8)12-15(4,5)6/h13-14H,1-8H3. The molecule has 0 radical (unpaired) electrons. The normalized spacial score (nSPS) is 17.2. The average molecular weight is 299 g/mol. The van der Waals surface area contributed by atoms with Crippen molar-refractivity contribution in [3.8, 4) is 0 Å². The van der Waals surface area contributed by atoms with Crippen LogP contribution in [0, 0.1) is 0 Å². The zero-order valence-electron chi connectivity index (χ0n) is 11.8. The monoisotopic (exact) mass is 298 g/mol. The Hall–Kier alpha value is 0.708. The summed E-state index contributed by atoms with van der Waals surface area (Å²) >= 11 is 0. The molecule has 16 heavy (non-hydrogen) atoms. The minimum Gasteiger partial charge on any atom is -0.437 e. The molecule has 0 spiro atoms. The van der Waals surface area contributed by atoms with E-state index in [0.717, 1.165) is 0 Å². The van der Waals surface area contributed by atoms with Crippen LogP contribution in [0.15, 0.2) is 0 Å². The van der Waals surface area contributed by atoms with Crippen molar-refractivity contribution in [1.82, 2.24) is 0 Å². The van der Waals surface area contributed by atoms with Crippen molar-refractivity contribution in [3.05, 3.63) is 0 Å². The highest BCUT2D eigenvalue weighted by molar-refractivity contribution is 6.83. The molecule has 0 heterocycles. The molecule has 0 aromatic carbocycles. The van der Waals surface area contributed by atoms with Crippen molar-refractivity contribution in [3.63, 3.8) is 0 Å². The number of hydrogen-bond acceptors (Lipinski definition) is 4. The van der Waals surface area contributed by atoms with Crippen LogP contribution in [0.3, 0.4) is 0 Å². The summed E-state index contributed by atoms with van der Waals surface area (Å²) in [5.41, 5.74) is 0. The van der Waals surface area contributed by atoms with Gasteiger partial charge in [0, 0.05) is 7.11 Å². The molecule has 0 aromatic rings. The first-order chi connectivity index (χ1) is 7.06. The van der Waals surface area contributed by atoms with E-state index in [1.165, 1.54) is 0 Å². The van der Waals surface area contributed by atoms with Crippen molar-refractivity contribution in [2.45, 2.75) is 45.8 Å². The lowest BCUT2D eigenvalue weighted by atomic mass is 11.8. The predicted octanol–water partition coefficient (Wildman–Crippen LogP) is 1.92. The van der Waals surface area contributed by atoms with E-state index in [1.54, 1.807) is 7.11 Å². The fourth-order valence-electron chi connectivity index (χ4n) is 1.51. The lowest BCUT2D eigenvalue weighted by molar-refractivity contribution is 0.301. The zero-order valence-corrected chi connectivity index (χ0v) is 16.1. The molecule has 2 atom stereocenters. The summed E-state index contributed by atoms with van der Waals surface area (Å²) in [6.07, 6.45) is 0. The van der Waals surface area contributed by atoms with E-state index in [2.05, 4.69) is 32.7 Å². The Labute approximate surface area is 105 Å². The van der Waals surface area contributed by atoms with Crippen molar-refractivity contribution < 1.29 is 16.8 Å². The summed E-state index contributed by atoms with van der Waals surface area (Å²) in [5.74, 6) is 0. The van der Waals surface area contributed by atoms with Crippen LogP contribution in [0.1, 0.15) is 0 Å². The van der Waals surface area contributed by atoms with Gasteiger partial charge < -0.3 is 16.8 Å². The molecular weight excluding hydrogens is 272 g/mol. The minimum atomic E-state index is -2.02. The largest absolute Gasteiger partial charge is 0.437 e. The summed E-state index contributed by atoms with van der Waals surface area (Å²) in [5, 5.41) is 0. The molecule has 0 aromatic heterocycles. The van der Waals surface area contributed by atoms with Gasteiger partial charge in [0.05, 0.1) is 0 Å². The third-order valence-electron chi connectivity index (χ3n) is 1.72. The van der Waals surface area contributed by atoms with Gasteiger partial charge in [0.2, 0.25) is 0 Å². The fraction of sp³-hybridized carbons (Fsp3) is 1.00. The number of rotatable bonds is 7. The van der Waals surface area contributed by atoms with Gasteiger partial charge in [-0.3, -0.25) is 0 Å². The summed E-state index contributed by atoms with van der Waals surface area (Å²) in [6, 6.07) is 0. The maximum absolute atomic E-state index is 6.10. The average Bonchev–Trinajstić information content (AvgIpc) is 1.97. The number of hydrogen-bond donors (Lipinski definition) is 0.